The van der Waals surface area contributed by atoms with Crippen LogP contribution >= 0.6 is 11.6 Å². The summed E-state index contributed by atoms with van der Waals surface area (Å²) >= 11 is 5.88. The van der Waals surface area contributed by atoms with Crippen molar-refractivity contribution in [2.24, 2.45) is 0 Å². The van der Waals surface area contributed by atoms with E-state index in [0.717, 1.165) is 38.5 Å². The molecule has 1 saturated heterocycles. The lowest BCUT2D eigenvalue weighted by atomic mass is 10.3. The van der Waals surface area contributed by atoms with Gasteiger partial charge < -0.3 is 15.5 Å². The van der Waals surface area contributed by atoms with Crippen LogP contribution in [0.3, 0.4) is 0 Å². The Morgan fingerprint density at radius 2 is 2.00 bits per heavy atom. The van der Waals surface area contributed by atoms with Gasteiger partial charge in [0.15, 0.2) is 11.0 Å². The number of nitrogens with two attached hydrogens (primary N) is 1. The second kappa shape index (κ2) is 4.84. The van der Waals surface area contributed by atoms with E-state index in [4.69, 9.17) is 17.3 Å². The van der Waals surface area contributed by atoms with Crippen molar-refractivity contribution in [1.29, 1.82) is 0 Å². The molecule has 88 valence electrons. The third kappa shape index (κ3) is 2.20. The Labute approximate surface area is 100 Å². The molecule has 0 radical (unpaired) electrons. The fourth-order valence-corrected chi connectivity index (χ4v) is 2.02. The van der Waals surface area contributed by atoms with E-state index in [2.05, 4.69) is 26.7 Å². The molecule has 2 rings (SSSR count). The molecule has 0 unspecified atom stereocenters. The lowest BCUT2D eigenvalue weighted by Crippen LogP contribution is -2.46. The summed E-state index contributed by atoms with van der Waals surface area (Å²) in [4.78, 5) is 12.6. The van der Waals surface area contributed by atoms with Gasteiger partial charge in [-0.15, -0.1) is 0 Å². The summed E-state index contributed by atoms with van der Waals surface area (Å²) in [5.41, 5.74) is 6.35. The maximum atomic E-state index is 5.88. The predicted octanol–water partition coefficient (Wildman–Crippen LogP) is 0.854. The van der Waals surface area contributed by atoms with Crippen LogP contribution in [0, 0.1) is 0 Å². The standard InChI is InChI=1S/C10H16ClN5/c1-2-15-3-5-16(6-4-15)10-8(12)9(11)13-7-14-10/h7H,2-6,12H2,1H3. The fraction of sp³-hybridized carbons (Fsp3) is 0.600. The quantitative estimate of drug-likeness (QED) is 0.779. The van der Waals surface area contributed by atoms with Gasteiger partial charge >= 0.3 is 0 Å². The van der Waals surface area contributed by atoms with Gasteiger partial charge in [-0.25, -0.2) is 9.97 Å². The Morgan fingerprint density at radius 1 is 1.31 bits per heavy atom. The minimum atomic E-state index is 0.336. The van der Waals surface area contributed by atoms with Crippen molar-refractivity contribution in [2.75, 3.05) is 43.4 Å². The van der Waals surface area contributed by atoms with E-state index in [9.17, 15) is 0 Å². The van der Waals surface area contributed by atoms with Gasteiger partial charge in [-0.05, 0) is 6.54 Å². The minimum absolute atomic E-state index is 0.336. The molecule has 0 saturated carbocycles. The molecule has 1 aromatic heterocycles. The average Bonchev–Trinajstić information content (AvgIpc) is 2.33. The SMILES string of the molecule is CCN1CCN(c2ncnc(Cl)c2N)CC1. The Morgan fingerprint density at radius 3 is 2.62 bits per heavy atom. The molecule has 1 fully saturated rings. The summed E-state index contributed by atoms with van der Waals surface area (Å²) in [6.07, 6.45) is 1.46. The van der Waals surface area contributed by atoms with E-state index >= 15 is 0 Å². The number of aromatic nitrogens is 2. The zero-order valence-corrected chi connectivity index (χ0v) is 10.1. The van der Waals surface area contributed by atoms with Crippen LogP contribution in [0.1, 0.15) is 6.92 Å². The highest BCUT2D eigenvalue weighted by atomic mass is 35.5. The lowest BCUT2D eigenvalue weighted by Gasteiger charge is -2.35. The maximum Gasteiger partial charge on any atom is 0.157 e. The molecule has 1 aliphatic heterocycles. The number of hydrogen-bond donors (Lipinski definition) is 1. The molecule has 1 aliphatic rings. The summed E-state index contributed by atoms with van der Waals surface area (Å²) in [5, 5.41) is 0.336. The molecule has 0 bridgehead atoms. The Kier molecular flexibility index (Phi) is 3.46. The van der Waals surface area contributed by atoms with Crippen molar-refractivity contribution in [2.45, 2.75) is 6.92 Å². The predicted molar refractivity (Wildman–Crippen MR) is 65.8 cm³/mol. The molecule has 0 spiro atoms. The topological polar surface area (TPSA) is 58.3 Å². The number of nitrogen functional groups attached to an aromatic ring is 1. The molecule has 5 nitrogen and oxygen atoms in total. The van der Waals surface area contributed by atoms with E-state index in [1.165, 1.54) is 6.33 Å². The van der Waals surface area contributed by atoms with Crippen molar-refractivity contribution >= 4 is 23.1 Å². The normalized spacial score (nSPS) is 17.8. The zero-order chi connectivity index (χ0) is 11.5. The molecular weight excluding hydrogens is 226 g/mol. The number of nitrogens with zero attached hydrogens (tertiary/aromatic N) is 4. The van der Waals surface area contributed by atoms with Gasteiger partial charge in [-0.1, -0.05) is 18.5 Å². The van der Waals surface area contributed by atoms with Crippen LogP contribution in [0.2, 0.25) is 5.15 Å². The molecule has 16 heavy (non-hydrogen) atoms. The molecule has 6 heteroatoms. The van der Waals surface area contributed by atoms with Gasteiger partial charge in [0.2, 0.25) is 0 Å². The fourth-order valence-electron chi connectivity index (χ4n) is 1.89. The van der Waals surface area contributed by atoms with E-state index in [1.54, 1.807) is 0 Å². The van der Waals surface area contributed by atoms with Crippen LogP contribution in [-0.4, -0.2) is 47.6 Å². The number of halogens is 1. The van der Waals surface area contributed by atoms with E-state index in [-0.39, 0.29) is 0 Å². The number of anilines is 2. The minimum Gasteiger partial charge on any atom is -0.393 e. The highest BCUT2D eigenvalue weighted by Crippen LogP contribution is 2.26. The first kappa shape index (κ1) is 11.4. The first-order valence-electron chi connectivity index (χ1n) is 5.45. The Bertz CT molecular complexity index is 362. The summed E-state index contributed by atoms with van der Waals surface area (Å²) in [6.45, 7) is 7.21. The summed E-state index contributed by atoms with van der Waals surface area (Å²) in [5.74, 6) is 0.760. The highest BCUT2D eigenvalue weighted by Gasteiger charge is 2.19. The average molecular weight is 242 g/mol. The highest BCUT2D eigenvalue weighted by molar-refractivity contribution is 6.32. The number of hydrogen-bond acceptors (Lipinski definition) is 5. The molecule has 1 aromatic rings. The van der Waals surface area contributed by atoms with Crippen molar-refractivity contribution in [3.05, 3.63) is 11.5 Å². The van der Waals surface area contributed by atoms with E-state index in [0.29, 0.717) is 10.8 Å². The molecule has 0 aromatic carbocycles. The monoisotopic (exact) mass is 241 g/mol. The van der Waals surface area contributed by atoms with Crippen LogP contribution in [0.4, 0.5) is 11.5 Å². The maximum absolute atomic E-state index is 5.88. The van der Waals surface area contributed by atoms with E-state index < -0.39 is 0 Å². The number of piperazine rings is 1. The summed E-state index contributed by atoms with van der Waals surface area (Å²) in [6, 6.07) is 0. The smallest absolute Gasteiger partial charge is 0.157 e. The molecule has 2 N–H and O–H groups in total. The third-order valence-electron chi connectivity index (χ3n) is 2.93. The van der Waals surface area contributed by atoms with Crippen molar-refractivity contribution in [1.82, 2.24) is 14.9 Å². The molecular formula is C10H16ClN5. The Hall–Kier alpha value is -1.07. The lowest BCUT2D eigenvalue weighted by molar-refractivity contribution is 0.270. The number of likely N-dealkylation sites (N-methyl/N-ethyl adjacent to an activating group) is 1. The van der Waals surface area contributed by atoms with Crippen LogP contribution in [-0.2, 0) is 0 Å². The largest absolute Gasteiger partial charge is 0.393 e. The third-order valence-corrected chi connectivity index (χ3v) is 3.23. The summed E-state index contributed by atoms with van der Waals surface area (Å²) < 4.78 is 0. The van der Waals surface area contributed by atoms with Gasteiger partial charge in [-0.2, -0.15) is 0 Å². The first-order chi connectivity index (χ1) is 7.72. The first-order valence-corrected chi connectivity index (χ1v) is 5.83. The van der Waals surface area contributed by atoms with Crippen molar-refractivity contribution in [3.63, 3.8) is 0 Å². The zero-order valence-electron chi connectivity index (χ0n) is 9.36. The van der Waals surface area contributed by atoms with Gasteiger partial charge in [0.05, 0.1) is 0 Å². The van der Waals surface area contributed by atoms with Crippen LogP contribution in [0.15, 0.2) is 6.33 Å². The number of rotatable bonds is 2. The Balaban J connectivity index is 2.11. The van der Waals surface area contributed by atoms with Gasteiger partial charge in [0.25, 0.3) is 0 Å². The van der Waals surface area contributed by atoms with Gasteiger partial charge in [-0.3, -0.25) is 0 Å². The van der Waals surface area contributed by atoms with E-state index in [1.807, 2.05) is 0 Å². The van der Waals surface area contributed by atoms with Crippen LogP contribution < -0.4 is 10.6 Å². The van der Waals surface area contributed by atoms with Crippen molar-refractivity contribution in [3.8, 4) is 0 Å². The van der Waals surface area contributed by atoms with Gasteiger partial charge in [0, 0.05) is 26.2 Å². The van der Waals surface area contributed by atoms with Crippen LogP contribution in [0.5, 0.6) is 0 Å². The second-order valence-electron chi connectivity index (χ2n) is 3.82. The molecule has 0 atom stereocenters. The second-order valence-corrected chi connectivity index (χ2v) is 4.18. The van der Waals surface area contributed by atoms with Gasteiger partial charge in [0.1, 0.15) is 12.0 Å². The summed E-state index contributed by atoms with van der Waals surface area (Å²) in [7, 11) is 0. The van der Waals surface area contributed by atoms with Crippen molar-refractivity contribution < 1.29 is 0 Å². The molecule has 0 amide bonds. The molecule has 0 aliphatic carbocycles. The van der Waals surface area contributed by atoms with Crippen LogP contribution in [0.25, 0.3) is 0 Å². The molecule has 2 heterocycles.